The Balaban J connectivity index is 1.48. The normalized spacial score (nSPS) is 17.3. The lowest BCUT2D eigenvalue weighted by molar-refractivity contribution is 0.271. The zero-order valence-electron chi connectivity index (χ0n) is 16.7. The zero-order chi connectivity index (χ0) is 19.5. The molecule has 0 saturated carbocycles. The summed E-state index contributed by atoms with van der Waals surface area (Å²) in [5.41, 5.74) is 5.19. The summed E-state index contributed by atoms with van der Waals surface area (Å²) in [6, 6.07) is 16.9. The number of benzene rings is 2. The van der Waals surface area contributed by atoms with Gasteiger partial charge in [0.25, 0.3) is 0 Å². The van der Waals surface area contributed by atoms with Crippen LogP contribution in [0.4, 0.5) is 0 Å². The SMILES string of the molecule is Cc1oc(-c2ccc(-c3cccc(CO)c3)cc2)nc1CCN1CCC[C@H]1C. The van der Waals surface area contributed by atoms with Gasteiger partial charge in [0.15, 0.2) is 0 Å². The van der Waals surface area contributed by atoms with Crippen LogP contribution in [-0.4, -0.2) is 34.1 Å². The minimum Gasteiger partial charge on any atom is -0.441 e. The van der Waals surface area contributed by atoms with Crippen LogP contribution in [0, 0.1) is 6.92 Å². The molecule has 0 unspecified atom stereocenters. The molecule has 2 aromatic carbocycles. The molecule has 1 aromatic heterocycles. The summed E-state index contributed by atoms with van der Waals surface area (Å²) in [7, 11) is 0. The van der Waals surface area contributed by atoms with E-state index in [0.29, 0.717) is 11.9 Å². The van der Waals surface area contributed by atoms with Gasteiger partial charge in [-0.1, -0.05) is 30.3 Å². The standard InChI is InChI=1S/C24H28N2O2/c1-17-5-4-13-26(17)14-12-23-18(2)28-24(25-23)21-10-8-20(9-11-21)22-7-3-6-19(15-22)16-27/h3,6-11,15,17,27H,4-5,12-14,16H2,1-2H3/t17-/m1/s1. The van der Waals surface area contributed by atoms with Crippen molar-refractivity contribution >= 4 is 0 Å². The molecule has 0 radical (unpaired) electrons. The number of hydrogen-bond donors (Lipinski definition) is 1. The Morgan fingerprint density at radius 1 is 1.11 bits per heavy atom. The van der Waals surface area contributed by atoms with Gasteiger partial charge in [0.05, 0.1) is 12.3 Å². The van der Waals surface area contributed by atoms with Crippen LogP contribution >= 0.6 is 0 Å². The topological polar surface area (TPSA) is 49.5 Å². The average Bonchev–Trinajstić information content (AvgIpc) is 3.31. The van der Waals surface area contributed by atoms with Crippen LogP contribution in [0.3, 0.4) is 0 Å². The van der Waals surface area contributed by atoms with E-state index in [2.05, 4.69) is 42.2 Å². The first-order valence-corrected chi connectivity index (χ1v) is 10.1. The molecule has 28 heavy (non-hydrogen) atoms. The van der Waals surface area contributed by atoms with Gasteiger partial charge in [-0.3, -0.25) is 0 Å². The van der Waals surface area contributed by atoms with Crippen molar-refractivity contribution in [2.75, 3.05) is 13.1 Å². The van der Waals surface area contributed by atoms with Crippen molar-refractivity contribution in [2.24, 2.45) is 0 Å². The fraction of sp³-hybridized carbons (Fsp3) is 0.375. The molecule has 4 rings (SSSR count). The molecule has 4 heteroatoms. The Labute approximate surface area is 166 Å². The van der Waals surface area contributed by atoms with Crippen molar-refractivity contribution in [3.05, 3.63) is 65.5 Å². The number of rotatable bonds is 6. The molecule has 1 atom stereocenters. The second-order valence-electron chi connectivity index (χ2n) is 7.73. The second kappa shape index (κ2) is 8.29. The molecular weight excluding hydrogens is 348 g/mol. The Morgan fingerprint density at radius 3 is 2.61 bits per heavy atom. The van der Waals surface area contributed by atoms with Crippen molar-refractivity contribution in [1.29, 1.82) is 0 Å². The second-order valence-corrected chi connectivity index (χ2v) is 7.73. The van der Waals surface area contributed by atoms with E-state index in [0.717, 1.165) is 46.7 Å². The van der Waals surface area contributed by atoms with Gasteiger partial charge in [-0.05, 0) is 68.1 Å². The van der Waals surface area contributed by atoms with E-state index < -0.39 is 0 Å². The van der Waals surface area contributed by atoms with Crippen LogP contribution in [-0.2, 0) is 13.0 Å². The molecule has 0 amide bonds. The number of aromatic nitrogens is 1. The minimum absolute atomic E-state index is 0.0561. The van der Waals surface area contributed by atoms with E-state index in [9.17, 15) is 5.11 Å². The monoisotopic (exact) mass is 376 g/mol. The molecule has 1 aliphatic rings. The molecule has 3 aromatic rings. The van der Waals surface area contributed by atoms with E-state index in [1.807, 2.05) is 25.1 Å². The highest BCUT2D eigenvalue weighted by Crippen LogP contribution is 2.27. The molecular formula is C24H28N2O2. The Bertz CT molecular complexity index is 930. The highest BCUT2D eigenvalue weighted by atomic mass is 16.4. The van der Waals surface area contributed by atoms with Crippen molar-refractivity contribution < 1.29 is 9.52 Å². The van der Waals surface area contributed by atoms with Crippen LogP contribution in [0.1, 0.15) is 36.8 Å². The first-order valence-electron chi connectivity index (χ1n) is 10.1. The maximum atomic E-state index is 9.33. The van der Waals surface area contributed by atoms with Crippen LogP contribution in [0.25, 0.3) is 22.6 Å². The molecule has 1 fully saturated rings. The third-order valence-electron chi connectivity index (χ3n) is 5.79. The van der Waals surface area contributed by atoms with Gasteiger partial charge < -0.3 is 14.4 Å². The number of aliphatic hydroxyl groups excluding tert-OH is 1. The molecule has 1 N–H and O–H groups in total. The van der Waals surface area contributed by atoms with E-state index >= 15 is 0 Å². The molecule has 0 bridgehead atoms. The molecule has 4 nitrogen and oxygen atoms in total. The van der Waals surface area contributed by atoms with Crippen molar-refractivity contribution in [3.63, 3.8) is 0 Å². The fourth-order valence-corrected chi connectivity index (χ4v) is 4.01. The fourth-order valence-electron chi connectivity index (χ4n) is 4.01. The maximum absolute atomic E-state index is 9.33. The van der Waals surface area contributed by atoms with Gasteiger partial charge in [-0.25, -0.2) is 4.98 Å². The Hall–Kier alpha value is -2.43. The van der Waals surface area contributed by atoms with Gasteiger partial charge in [0.2, 0.25) is 5.89 Å². The van der Waals surface area contributed by atoms with Crippen molar-refractivity contribution in [3.8, 4) is 22.6 Å². The minimum atomic E-state index is 0.0561. The van der Waals surface area contributed by atoms with Gasteiger partial charge in [0, 0.05) is 24.6 Å². The number of aryl methyl sites for hydroxylation is 1. The lowest BCUT2D eigenvalue weighted by atomic mass is 10.0. The first kappa shape index (κ1) is 18.9. The number of oxazole rings is 1. The Kier molecular flexibility index (Phi) is 5.60. The third kappa shape index (κ3) is 4.03. The molecule has 0 spiro atoms. The summed E-state index contributed by atoms with van der Waals surface area (Å²) in [5, 5.41) is 9.33. The summed E-state index contributed by atoms with van der Waals surface area (Å²) < 4.78 is 5.96. The molecule has 1 aliphatic heterocycles. The molecule has 2 heterocycles. The van der Waals surface area contributed by atoms with Gasteiger partial charge in [-0.15, -0.1) is 0 Å². The highest BCUT2D eigenvalue weighted by molar-refractivity contribution is 5.68. The summed E-state index contributed by atoms with van der Waals surface area (Å²) in [5.74, 6) is 1.61. The van der Waals surface area contributed by atoms with Gasteiger partial charge in [-0.2, -0.15) is 0 Å². The van der Waals surface area contributed by atoms with Gasteiger partial charge in [0.1, 0.15) is 5.76 Å². The number of aliphatic hydroxyl groups is 1. The van der Waals surface area contributed by atoms with E-state index in [-0.39, 0.29) is 6.61 Å². The van der Waals surface area contributed by atoms with E-state index in [1.165, 1.54) is 19.4 Å². The molecule has 146 valence electrons. The first-order chi connectivity index (χ1) is 13.6. The summed E-state index contributed by atoms with van der Waals surface area (Å²) in [6.45, 7) is 6.62. The predicted molar refractivity (Wildman–Crippen MR) is 112 cm³/mol. The zero-order valence-corrected chi connectivity index (χ0v) is 16.7. The van der Waals surface area contributed by atoms with Crippen molar-refractivity contribution in [1.82, 2.24) is 9.88 Å². The lowest BCUT2D eigenvalue weighted by Gasteiger charge is -2.20. The van der Waals surface area contributed by atoms with E-state index in [1.54, 1.807) is 0 Å². The van der Waals surface area contributed by atoms with Gasteiger partial charge >= 0.3 is 0 Å². The molecule has 0 aliphatic carbocycles. The summed E-state index contributed by atoms with van der Waals surface area (Å²) in [6.07, 6.45) is 3.54. The lowest BCUT2D eigenvalue weighted by Crippen LogP contribution is -2.29. The van der Waals surface area contributed by atoms with Crippen LogP contribution in [0.5, 0.6) is 0 Å². The van der Waals surface area contributed by atoms with Crippen molar-refractivity contribution in [2.45, 2.75) is 45.8 Å². The van der Waals surface area contributed by atoms with Crippen LogP contribution < -0.4 is 0 Å². The number of nitrogens with zero attached hydrogens (tertiary/aromatic N) is 2. The average molecular weight is 377 g/mol. The highest BCUT2D eigenvalue weighted by Gasteiger charge is 2.21. The van der Waals surface area contributed by atoms with Crippen LogP contribution in [0.15, 0.2) is 52.9 Å². The predicted octanol–water partition coefficient (Wildman–Crippen LogP) is 4.84. The quantitative estimate of drug-likeness (QED) is 0.669. The smallest absolute Gasteiger partial charge is 0.226 e. The third-order valence-corrected chi connectivity index (χ3v) is 5.79. The number of likely N-dealkylation sites (tertiary alicyclic amines) is 1. The summed E-state index contributed by atoms with van der Waals surface area (Å²) >= 11 is 0. The molecule has 1 saturated heterocycles. The summed E-state index contributed by atoms with van der Waals surface area (Å²) in [4.78, 5) is 7.31. The van der Waals surface area contributed by atoms with E-state index in [4.69, 9.17) is 9.40 Å². The maximum Gasteiger partial charge on any atom is 0.226 e. The number of hydrogen-bond acceptors (Lipinski definition) is 4. The van der Waals surface area contributed by atoms with Crippen LogP contribution in [0.2, 0.25) is 0 Å². The largest absolute Gasteiger partial charge is 0.441 e. The Morgan fingerprint density at radius 2 is 1.89 bits per heavy atom.